The molecule has 5 heteroatoms. The van der Waals surface area contributed by atoms with E-state index < -0.39 is 0 Å². The van der Waals surface area contributed by atoms with Gasteiger partial charge in [-0.1, -0.05) is 63.3 Å². The minimum Gasteiger partial charge on any atom is -0.449 e. The Balaban J connectivity index is 0.000000516. The molecule has 1 aromatic carbocycles. The number of alkyl halides is 1. The van der Waals surface area contributed by atoms with Gasteiger partial charge in [-0.3, -0.25) is 9.59 Å². The third-order valence-corrected chi connectivity index (χ3v) is 4.44. The first kappa shape index (κ1) is 25.4. The maximum Gasteiger partial charge on any atom is 0.306 e. The molecule has 0 spiro atoms. The molecular formula is C22H36ClNO3. The first-order valence-corrected chi connectivity index (χ1v) is 10.7. The summed E-state index contributed by atoms with van der Waals surface area (Å²) in [5.41, 5.74) is 1.91. The Kier molecular flexibility index (Phi) is 15.7. The number of rotatable bonds is 12. The zero-order chi connectivity index (χ0) is 20.5. The average molecular weight is 398 g/mol. The highest BCUT2D eigenvalue weighted by Crippen LogP contribution is 2.21. The lowest BCUT2D eigenvalue weighted by molar-refractivity contribution is -0.141. The lowest BCUT2D eigenvalue weighted by atomic mass is 10.1. The molecule has 0 amide bonds. The van der Waals surface area contributed by atoms with Crippen molar-refractivity contribution >= 4 is 29.0 Å². The van der Waals surface area contributed by atoms with Gasteiger partial charge in [-0.25, -0.2) is 0 Å². The number of ether oxygens (including phenoxy) is 1. The van der Waals surface area contributed by atoms with Crippen LogP contribution in [0.5, 0.6) is 0 Å². The summed E-state index contributed by atoms with van der Waals surface area (Å²) < 4.78 is 4.57. The smallest absolute Gasteiger partial charge is 0.306 e. The molecule has 0 radical (unpaired) electrons. The number of ketones is 1. The van der Waals surface area contributed by atoms with Crippen LogP contribution < -0.4 is 4.90 Å². The lowest BCUT2D eigenvalue weighted by Crippen LogP contribution is -2.24. The molecule has 0 heterocycles. The topological polar surface area (TPSA) is 46.6 Å². The van der Waals surface area contributed by atoms with E-state index in [0.717, 1.165) is 37.2 Å². The summed E-state index contributed by atoms with van der Waals surface area (Å²) in [6.07, 6.45) is 6.82. The number of hydrogen-bond acceptors (Lipinski definition) is 4. The first-order chi connectivity index (χ1) is 13.0. The van der Waals surface area contributed by atoms with Crippen molar-refractivity contribution < 1.29 is 14.3 Å². The van der Waals surface area contributed by atoms with Gasteiger partial charge in [0, 0.05) is 37.2 Å². The molecule has 0 aromatic heterocycles. The van der Waals surface area contributed by atoms with E-state index in [1.54, 1.807) is 0 Å². The molecule has 0 bridgehead atoms. The number of Topliss-reactive ketones (excluding diaryl/α,β-unsaturated/α-hetero) is 1. The fraction of sp³-hybridized carbons (Fsp3) is 0.636. The molecule has 1 aromatic rings. The van der Waals surface area contributed by atoms with Crippen LogP contribution in [0.2, 0.25) is 0 Å². The quantitative estimate of drug-likeness (QED) is 0.182. The van der Waals surface area contributed by atoms with Crippen LogP contribution in [0.25, 0.3) is 0 Å². The largest absolute Gasteiger partial charge is 0.449 e. The van der Waals surface area contributed by atoms with Crippen molar-refractivity contribution in [3.8, 4) is 0 Å². The van der Waals surface area contributed by atoms with E-state index in [9.17, 15) is 9.59 Å². The normalized spacial score (nSPS) is 9.96. The van der Waals surface area contributed by atoms with Crippen molar-refractivity contribution in [2.24, 2.45) is 0 Å². The molecule has 0 saturated heterocycles. The molecule has 0 aliphatic rings. The van der Waals surface area contributed by atoms with Crippen LogP contribution in [0.4, 0.5) is 5.69 Å². The second kappa shape index (κ2) is 16.6. The van der Waals surface area contributed by atoms with Crippen LogP contribution in [0, 0.1) is 0 Å². The number of nitrogens with zero attached hydrogens (tertiary/aromatic N) is 1. The molecule has 0 fully saturated rings. The Morgan fingerprint density at radius 1 is 0.963 bits per heavy atom. The van der Waals surface area contributed by atoms with Gasteiger partial charge in [0.2, 0.25) is 0 Å². The van der Waals surface area contributed by atoms with Crippen LogP contribution in [0.3, 0.4) is 0 Å². The third kappa shape index (κ3) is 11.0. The van der Waals surface area contributed by atoms with Gasteiger partial charge in [0.25, 0.3) is 0 Å². The maximum atomic E-state index is 11.7. The van der Waals surface area contributed by atoms with E-state index in [1.807, 2.05) is 31.2 Å². The molecule has 0 N–H and O–H groups in total. The van der Waals surface area contributed by atoms with Gasteiger partial charge in [0.05, 0.1) is 0 Å². The highest BCUT2D eigenvalue weighted by atomic mass is 35.5. The van der Waals surface area contributed by atoms with Crippen LogP contribution >= 0.6 is 11.6 Å². The van der Waals surface area contributed by atoms with Crippen molar-refractivity contribution in [2.45, 2.75) is 72.6 Å². The van der Waals surface area contributed by atoms with Crippen molar-refractivity contribution in [1.82, 2.24) is 0 Å². The highest BCUT2D eigenvalue weighted by molar-refractivity contribution is 6.17. The van der Waals surface area contributed by atoms with Gasteiger partial charge in [-0.15, -0.1) is 0 Å². The Bertz CT molecular complexity index is 530. The number of para-hydroxylation sites is 1. The summed E-state index contributed by atoms with van der Waals surface area (Å²) in [5.74, 6) is 0.0407. The van der Waals surface area contributed by atoms with Crippen molar-refractivity contribution in [3.63, 3.8) is 0 Å². The minimum absolute atomic E-state index is 0.0200. The first-order valence-electron chi connectivity index (χ1n) is 10.1. The summed E-state index contributed by atoms with van der Waals surface area (Å²) in [4.78, 5) is 24.7. The Labute approximate surface area is 170 Å². The van der Waals surface area contributed by atoms with Crippen molar-refractivity contribution in [3.05, 3.63) is 29.8 Å². The van der Waals surface area contributed by atoms with Crippen molar-refractivity contribution in [1.29, 1.82) is 0 Å². The van der Waals surface area contributed by atoms with Crippen LogP contribution in [0.15, 0.2) is 24.3 Å². The fourth-order valence-electron chi connectivity index (χ4n) is 2.75. The standard InChI is InChI=1S/C13H19NO.C9H17ClO2/c1-4-13(15)11-9-7-8-10-12(11)14(5-2)6-3;1-2-3-4-5-6-7-9(11)12-8-10/h7-10H,4-6H2,1-3H3;2-8H2,1H3. The van der Waals surface area contributed by atoms with Crippen LogP contribution in [-0.4, -0.2) is 30.9 Å². The summed E-state index contributed by atoms with van der Waals surface area (Å²) in [7, 11) is 0. The zero-order valence-electron chi connectivity index (χ0n) is 17.4. The number of hydrogen-bond donors (Lipinski definition) is 0. The Hall–Kier alpha value is -1.55. The lowest BCUT2D eigenvalue weighted by Gasteiger charge is -2.23. The Morgan fingerprint density at radius 2 is 1.59 bits per heavy atom. The summed E-state index contributed by atoms with van der Waals surface area (Å²) >= 11 is 5.22. The molecular weight excluding hydrogens is 362 g/mol. The van der Waals surface area contributed by atoms with Gasteiger partial charge >= 0.3 is 5.97 Å². The third-order valence-electron chi connectivity index (χ3n) is 4.33. The number of unbranched alkanes of at least 4 members (excludes halogenated alkanes) is 4. The Morgan fingerprint density at radius 3 is 2.15 bits per heavy atom. The van der Waals surface area contributed by atoms with Gasteiger partial charge in [-0.2, -0.15) is 0 Å². The second-order valence-electron chi connectivity index (χ2n) is 6.26. The summed E-state index contributed by atoms with van der Waals surface area (Å²) in [6.45, 7) is 10.2. The van der Waals surface area contributed by atoms with E-state index in [2.05, 4.69) is 30.4 Å². The summed E-state index contributed by atoms with van der Waals surface area (Å²) in [5, 5.41) is 0. The highest BCUT2D eigenvalue weighted by Gasteiger charge is 2.12. The van der Waals surface area contributed by atoms with Crippen LogP contribution in [0.1, 0.15) is 83.0 Å². The number of anilines is 1. The van der Waals surface area contributed by atoms with E-state index in [1.165, 1.54) is 19.3 Å². The van der Waals surface area contributed by atoms with E-state index in [0.29, 0.717) is 12.8 Å². The van der Waals surface area contributed by atoms with Gasteiger partial charge in [0.15, 0.2) is 11.8 Å². The van der Waals surface area contributed by atoms with Crippen LogP contribution in [-0.2, 0) is 9.53 Å². The SMILES string of the molecule is CCC(=O)c1ccccc1N(CC)CC.CCCCCCCC(=O)OCCl. The number of carbonyl (C=O) groups excluding carboxylic acids is 2. The molecule has 0 saturated carbocycles. The zero-order valence-corrected chi connectivity index (χ0v) is 18.2. The molecule has 4 nitrogen and oxygen atoms in total. The van der Waals surface area contributed by atoms with E-state index in [-0.39, 0.29) is 17.8 Å². The summed E-state index contributed by atoms with van der Waals surface area (Å²) in [6, 6.07) is 7.83. The van der Waals surface area contributed by atoms with Crippen molar-refractivity contribution in [2.75, 3.05) is 24.1 Å². The van der Waals surface area contributed by atoms with E-state index in [4.69, 9.17) is 11.6 Å². The molecule has 154 valence electrons. The molecule has 0 aliphatic heterocycles. The number of halogens is 1. The van der Waals surface area contributed by atoms with Gasteiger partial charge < -0.3 is 9.64 Å². The predicted octanol–water partition coefficient (Wildman–Crippen LogP) is 6.21. The average Bonchev–Trinajstić information content (AvgIpc) is 2.69. The fourth-order valence-corrected chi connectivity index (χ4v) is 2.87. The van der Waals surface area contributed by atoms with E-state index >= 15 is 0 Å². The molecule has 0 aliphatic carbocycles. The number of benzene rings is 1. The monoisotopic (exact) mass is 397 g/mol. The molecule has 1 rings (SSSR count). The number of carbonyl (C=O) groups is 2. The van der Waals surface area contributed by atoms with Gasteiger partial charge in [0.1, 0.15) is 0 Å². The van der Waals surface area contributed by atoms with Gasteiger partial charge in [-0.05, 0) is 32.4 Å². The minimum atomic E-state index is -0.179. The molecule has 27 heavy (non-hydrogen) atoms. The molecule has 0 unspecified atom stereocenters. The maximum absolute atomic E-state index is 11.7. The second-order valence-corrected chi connectivity index (χ2v) is 6.47. The predicted molar refractivity (Wildman–Crippen MR) is 115 cm³/mol. The molecule has 0 atom stereocenters. The number of esters is 1.